The van der Waals surface area contributed by atoms with E-state index in [4.69, 9.17) is 4.74 Å². The number of allylic oxidation sites excluding steroid dienone is 1. The van der Waals surface area contributed by atoms with Gasteiger partial charge in [0.1, 0.15) is 28.5 Å². The van der Waals surface area contributed by atoms with E-state index in [0.717, 1.165) is 34.2 Å². The van der Waals surface area contributed by atoms with E-state index in [1.54, 1.807) is 12.1 Å². The first-order valence-electron chi connectivity index (χ1n) is 9.56. The highest BCUT2D eigenvalue weighted by molar-refractivity contribution is 7.71. The van der Waals surface area contributed by atoms with Gasteiger partial charge in [-0.2, -0.15) is 0 Å². The number of thiol groups is 1. The van der Waals surface area contributed by atoms with E-state index in [1.807, 2.05) is 67.7 Å². The second kappa shape index (κ2) is 8.55. The Kier molecular flexibility index (Phi) is 5.68. The molecule has 30 heavy (non-hydrogen) atoms. The molecule has 0 spiro atoms. The Labute approximate surface area is 177 Å². The summed E-state index contributed by atoms with van der Waals surface area (Å²) in [5, 5.41) is 3.10. The number of fused-ring (bicyclic) bond motifs is 1. The van der Waals surface area contributed by atoms with Crippen molar-refractivity contribution >= 4 is 34.0 Å². The number of nitrogens with one attached hydrogen (secondary N) is 1. The molecule has 3 aromatic carbocycles. The number of aldehydes is 1. The number of ether oxygens (including phenoxy) is 1. The van der Waals surface area contributed by atoms with Crippen LogP contribution in [-0.2, 0) is 21.3 Å². The van der Waals surface area contributed by atoms with Crippen molar-refractivity contribution in [3.05, 3.63) is 95.1 Å². The fraction of sp³-hybridized carbons (Fsp3) is 0.125. The van der Waals surface area contributed by atoms with Crippen LogP contribution in [0.4, 0.5) is 5.69 Å². The SMILES string of the molecule is CNc1ccc(C2=C(c3ccc(C[SH](=O)=O)cc3)Oc3ccccc3C2C=O)cc1. The van der Waals surface area contributed by atoms with Gasteiger partial charge in [-0.25, -0.2) is 8.42 Å². The van der Waals surface area contributed by atoms with Crippen molar-refractivity contribution in [1.82, 2.24) is 0 Å². The fourth-order valence-corrected chi connectivity index (χ4v) is 4.19. The molecule has 1 aliphatic rings. The zero-order valence-corrected chi connectivity index (χ0v) is 17.3. The maximum atomic E-state index is 12.2. The first-order valence-corrected chi connectivity index (χ1v) is 10.9. The van der Waals surface area contributed by atoms with Crippen LogP contribution in [0, 0.1) is 0 Å². The smallest absolute Gasteiger partial charge is 0.144 e. The first-order chi connectivity index (χ1) is 14.6. The second-order valence-electron chi connectivity index (χ2n) is 7.01. The summed E-state index contributed by atoms with van der Waals surface area (Å²) >= 11 is 0. The normalized spacial score (nSPS) is 15.5. The summed E-state index contributed by atoms with van der Waals surface area (Å²) in [6.45, 7) is 0. The van der Waals surface area contributed by atoms with Gasteiger partial charge in [0.05, 0.1) is 11.7 Å². The van der Waals surface area contributed by atoms with Crippen LogP contribution in [0.5, 0.6) is 5.75 Å². The molecule has 0 bridgehead atoms. The largest absolute Gasteiger partial charge is 0.456 e. The van der Waals surface area contributed by atoms with Crippen LogP contribution < -0.4 is 10.1 Å². The van der Waals surface area contributed by atoms with Gasteiger partial charge >= 0.3 is 0 Å². The summed E-state index contributed by atoms with van der Waals surface area (Å²) in [5.74, 6) is 0.766. The van der Waals surface area contributed by atoms with E-state index >= 15 is 0 Å². The number of carbonyl (C=O) groups is 1. The zero-order chi connectivity index (χ0) is 21.1. The summed E-state index contributed by atoms with van der Waals surface area (Å²) in [6.07, 6.45) is 0.944. The third-order valence-corrected chi connectivity index (χ3v) is 5.79. The van der Waals surface area contributed by atoms with Crippen molar-refractivity contribution in [2.45, 2.75) is 11.7 Å². The maximum absolute atomic E-state index is 12.2. The molecule has 4 rings (SSSR count). The molecule has 1 aliphatic heterocycles. The van der Waals surface area contributed by atoms with E-state index in [0.29, 0.717) is 17.1 Å². The summed E-state index contributed by atoms with van der Waals surface area (Å²) < 4.78 is 28.3. The molecule has 3 aromatic rings. The molecule has 0 saturated carbocycles. The molecule has 0 aliphatic carbocycles. The lowest BCUT2D eigenvalue weighted by Gasteiger charge is -2.28. The van der Waals surface area contributed by atoms with Crippen LogP contribution in [0.3, 0.4) is 0 Å². The van der Waals surface area contributed by atoms with Gasteiger partial charge in [-0.3, -0.25) is 0 Å². The lowest BCUT2D eigenvalue weighted by molar-refractivity contribution is -0.108. The molecule has 0 fully saturated rings. The Morgan fingerprint density at radius 3 is 2.23 bits per heavy atom. The molecule has 1 N–H and O–H groups in total. The van der Waals surface area contributed by atoms with Gasteiger partial charge in [-0.05, 0) is 29.3 Å². The molecule has 6 heteroatoms. The highest BCUT2D eigenvalue weighted by Gasteiger charge is 2.31. The zero-order valence-electron chi connectivity index (χ0n) is 16.4. The van der Waals surface area contributed by atoms with Gasteiger partial charge in [0.25, 0.3) is 0 Å². The van der Waals surface area contributed by atoms with Crippen molar-refractivity contribution in [3.8, 4) is 5.75 Å². The average Bonchev–Trinajstić information content (AvgIpc) is 2.78. The molecule has 5 nitrogen and oxygen atoms in total. The summed E-state index contributed by atoms with van der Waals surface area (Å²) in [5.41, 5.74) is 4.96. The van der Waals surface area contributed by atoms with Crippen molar-refractivity contribution in [3.63, 3.8) is 0 Å². The van der Waals surface area contributed by atoms with Crippen molar-refractivity contribution in [2.75, 3.05) is 12.4 Å². The molecule has 152 valence electrons. The molecular weight excluding hydrogens is 398 g/mol. The Balaban J connectivity index is 1.88. The molecule has 1 unspecified atom stereocenters. The Hall–Kier alpha value is -3.38. The third kappa shape index (κ3) is 3.86. The van der Waals surface area contributed by atoms with E-state index in [2.05, 4.69) is 5.32 Å². The molecule has 0 amide bonds. The van der Waals surface area contributed by atoms with Crippen LogP contribution >= 0.6 is 0 Å². The first kappa shape index (κ1) is 19.9. The molecule has 0 saturated heterocycles. The van der Waals surface area contributed by atoms with Gasteiger partial charge in [0.15, 0.2) is 0 Å². The topological polar surface area (TPSA) is 72.5 Å². The maximum Gasteiger partial charge on any atom is 0.144 e. The van der Waals surface area contributed by atoms with Gasteiger partial charge in [-0.1, -0.05) is 54.6 Å². The number of hydrogen-bond acceptors (Lipinski definition) is 5. The number of hydrogen-bond donors (Lipinski definition) is 2. The van der Waals surface area contributed by atoms with Crippen molar-refractivity contribution in [2.24, 2.45) is 0 Å². The number of para-hydroxylation sites is 1. The molecule has 0 radical (unpaired) electrons. The minimum atomic E-state index is -2.49. The highest BCUT2D eigenvalue weighted by Crippen LogP contribution is 2.45. The lowest BCUT2D eigenvalue weighted by Crippen LogP contribution is -2.15. The lowest BCUT2D eigenvalue weighted by atomic mass is 9.83. The fourth-order valence-electron chi connectivity index (χ4n) is 3.69. The van der Waals surface area contributed by atoms with Crippen LogP contribution in [0.15, 0.2) is 72.8 Å². The highest BCUT2D eigenvalue weighted by atomic mass is 32.2. The molecule has 1 atom stereocenters. The van der Waals surface area contributed by atoms with E-state index in [9.17, 15) is 13.2 Å². The van der Waals surface area contributed by atoms with Crippen molar-refractivity contribution in [1.29, 1.82) is 0 Å². The van der Waals surface area contributed by atoms with Crippen LogP contribution in [0.1, 0.15) is 28.2 Å². The van der Waals surface area contributed by atoms with Crippen LogP contribution in [0.25, 0.3) is 11.3 Å². The third-order valence-electron chi connectivity index (χ3n) is 5.17. The summed E-state index contributed by atoms with van der Waals surface area (Å²) in [4.78, 5) is 12.2. The van der Waals surface area contributed by atoms with E-state index < -0.39 is 16.6 Å². The predicted octanol–water partition coefficient (Wildman–Crippen LogP) is 4.08. The number of rotatable bonds is 6. The van der Waals surface area contributed by atoms with Crippen molar-refractivity contribution < 1.29 is 17.9 Å². The monoisotopic (exact) mass is 419 g/mol. The Bertz CT molecular complexity index is 1170. The van der Waals surface area contributed by atoms with Gasteiger partial charge in [0, 0.05) is 29.4 Å². The summed E-state index contributed by atoms with van der Waals surface area (Å²) in [7, 11) is -0.639. The van der Waals surface area contributed by atoms with Gasteiger partial charge < -0.3 is 14.8 Å². The minimum Gasteiger partial charge on any atom is -0.456 e. The Morgan fingerprint density at radius 1 is 0.933 bits per heavy atom. The molecule has 0 aromatic heterocycles. The summed E-state index contributed by atoms with van der Waals surface area (Å²) in [6, 6.07) is 22.6. The van der Waals surface area contributed by atoms with Crippen LogP contribution in [-0.4, -0.2) is 21.8 Å². The van der Waals surface area contributed by atoms with Crippen LogP contribution in [0.2, 0.25) is 0 Å². The second-order valence-corrected chi connectivity index (χ2v) is 7.99. The number of carbonyl (C=O) groups excluding carboxylic acids is 1. The van der Waals surface area contributed by atoms with Gasteiger partial charge in [-0.15, -0.1) is 0 Å². The average molecular weight is 420 g/mol. The van der Waals surface area contributed by atoms with Gasteiger partial charge in [0.2, 0.25) is 0 Å². The number of benzene rings is 3. The molecule has 1 heterocycles. The van der Waals surface area contributed by atoms with E-state index in [-0.39, 0.29) is 5.75 Å². The van der Waals surface area contributed by atoms with E-state index in [1.165, 1.54) is 0 Å². The predicted molar refractivity (Wildman–Crippen MR) is 119 cm³/mol. The number of anilines is 1. The quantitative estimate of drug-likeness (QED) is 0.465. The minimum absolute atomic E-state index is 0.00630. The standard InChI is InChI=1S/C24H21NO4S/c1-25-19-12-10-17(11-13-19)23-21(14-26)20-4-2-3-5-22(20)29-24(23)18-8-6-16(7-9-18)15-30(27)28/h2-14,21,25,30H,15H2,1H3. The molecular formula is C24H21NO4S. The Morgan fingerprint density at radius 2 is 1.60 bits per heavy atom.